The summed E-state index contributed by atoms with van der Waals surface area (Å²) < 4.78 is 15.0. The molecule has 28 heavy (non-hydrogen) atoms. The van der Waals surface area contributed by atoms with Crippen molar-refractivity contribution in [3.05, 3.63) is 27.7 Å². The smallest absolute Gasteiger partial charge is 0.321 e. The highest BCUT2D eigenvalue weighted by molar-refractivity contribution is 6.59. The number of nitrogens with one attached hydrogen (secondary N) is 1. The van der Waals surface area contributed by atoms with Crippen molar-refractivity contribution in [2.45, 2.75) is 12.8 Å². The molecule has 1 amide bonds. The highest BCUT2D eigenvalue weighted by atomic mass is 35.5. The van der Waals surface area contributed by atoms with Gasteiger partial charge in [0, 0.05) is 6.07 Å². The van der Waals surface area contributed by atoms with Crippen molar-refractivity contribution >= 4 is 52.5 Å². The Labute approximate surface area is 176 Å². The Hall–Kier alpha value is -2.03. The van der Waals surface area contributed by atoms with Crippen LogP contribution in [0.1, 0.15) is 12.8 Å². The molecule has 2 atom stereocenters. The first kappa shape index (κ1) is 22.3. The minimum absolute atomic E-state index is 0.00390. The maximum absolute atomic E-state index is 12.8. The monoisotopic (exact) mass is 449 g/mol. The molecule has 0 fully saturated rings. The molecule has 2 rings (SSSR count). The number of methoxy groups -OCH3 is 2. The second-order valence-electron chi connectivity index (χ2n) is 5.70. The third kappa shape index (κ3) is 5.98. The molecular weight excluding hydrogens is 433 g/mol. The second kappa shape index (κ2) is 10.5. The molecule has 1 aromatic heterocycles. The fourth-order valence-electron chi connectivity index (χ4n) is 2.54. The van der Waals surface area contributed by atoms with Gasteiger partial charge >= 0.3 is 12.0 Å². The van der Waals surface area contributed by atoms with Crippen molar-refractivity contribution in [2.75, 3.05) is 26.1 Å². The minimum atomic E-state index is -0.686. The van der Waals surface area contributed by atoms with Gasteiger partial charge in [-0.3, -0.25) is 9.59 Å². The number of halogens is 3. The zero-order valence-corrected chi connectivity index (χ0v) is 17.3. The lowest BCUT2D eigenvalue weighted by Gasteiger charge is -2.25. The zero-order valence-electron chi connectivity index (χ0n) is 15.1. The SMILES string of the molecule is COc1cc(NC(=O)[C@@H]2CC=CC[C@@H]2C(=O)OCC(Cl)=C(Cl)Cl)nc(OC)n1. The molecule has 0 spiro atoms. The van der Waals surface area contributed by atoms with Crippen molar-refractivity contribution in [3.63, 3.8) is 0 Å². The number of nitrogens with zero attached hydrogens (tertiary/aromatic N) is 2. The van der Waals surface area contributed by atoms with Gasteiger partial charge < -0.3 is 19.5 Å². The van der Waals surface area contributed by atoms with Crippen LogP contribution in [-0.2, 0) is 14.3 Å². The molecular formula is C17H18Cl3N3O5. The topological polar surface area (TPSA) is 99.6 Å². The Bertz CT molecular complexity index is 774. The van der Waals surface area contributed by atoms with Crippen molar-refractivity contribution in [1.29, 1.82) is 0 Å². The molecule has 1 aliphatic rings. The molecule has 0 saturated heterocycles. The van der Waals surface area contributed by atoms with Gasteiger partial charge in [-0.05, 0) is 12.8 Å². The van der Waals surface area contributed by atoms with Gasteiger partial charge in [0.1, 0.15) is 16.9 Å². The lowest BCUT2D eigenvalue weighted by atomic mass is 9.82. The van der Waals surface area contributed by atoms with Gasteiger partial charge in [0.25, 0.3) is 0 Å². The Morgan fingerprint density at radius 3 is 2.39 bits per heavy atom. The molecule has 0 unspecified atom stereocenters. The van der Waals surface area contributed by atoms with E-state index < -0.39 is 23.7 Å². The molecule has 1 heterocycles. The Balaban J connectivity index is 2.11. The average molecular weight is 451 g/mol. The van der Waals surface area contributed by atoms with Crippen LogP contribution in [0.15, 0.2) is 27.7 Å². The van der Waals surface area contributed by atoms with Crippen LogP contribution in [0.3, 0.4) is 0 Å². The molecule has 11 heteroatoms. The maximum atomic E-state index is 12.8. The Morgan fingerprint density at radius 1 is 1.11 bits per heavy atom. The molecule has 0 aliphatic heterocycles. The number of carbonyl (C=O) groups is 2. The van der Waals surface area contributed by atoms with E-state index in [2.05, 4.69) is 15.3 Å². The van der Waals surface area contributed by atoms with Gasteiger partial charge in [-0.2, -0.15) is 9.97 Å². The fourth-order valence-corrected chi connectivity index (χ4v) is 2.71. The summed E-state index contributed by atoms with van der Waals surface area (Å²) in [6.07, 6.45) is 4.37. The van der Waals surface area contributed by atoms with Crippen LogP contribution in [0.4, 0.5) is 5.82 Å². The number of hydrogen-bond donors (Lipinski definition) is 1. The number of rotatable bonds is 7. The fraction of sp³-hybridized carbons (Fsp3) is 0.412. The predicted octanol–water partition coefficient (Wildman–Crippen LogP) is 3.44. The van der Waals surface area contributed by atoms with Crippen LogP contribution in [0.5, 0.6) is 11.9 Å². The summed E-state index contributed by atoms with van der Waals surface area (Å²) in [6.45, 7) is -0.266. The molecule has 0 aromatic carbocycles. The van der Waals surface area contributed by atoms with E-state index in [-0.39, 0.29) is 33.8 Å². The third-order valence-electron chi connectivity index (χ3n) is 3.94. The second-order valence-corrected chi connectivity index (χ2v) is 7.11. The number of carbonyl (C=O) groups excluding carboxylic acids is 2. The van der Waals surface area contributed by atoms with Gasteiger partial charge in [0.05, 0.1) is 31.1 Å². The van der Waals surface area contributed by atoms with E-state index in [1.165, 1.54) is 20.3 Å². The molecule has 0 bridgehead atoms. The first-order valence-electron chi connectivity index (χ1n) is 8.15. The molecule has 1 N–H and O–H groups in total. The van der Waals surface area contributed by atoms with Crippen molar-refractivity contribution < 1.29 is 23.8 Å². The number of esters is 1. The first-order valence-corrected chi connectivity index (χ1v) is 9.28. The highest BCUT2D eigenvalue weighted by Crippen LogP contribution is 2.29. The van der Waals surface area contributed by atoms with Gasteiger partial charge in [-0.1, -0.05) is 47.0 Å². The standard InChI is InChI=1S/C17H18Cl3N3O5/c1-26-13-7-12(22-17(23-13)27-2)21-15(24)9-5-3-4-6-10(9)16(25)28-8-11(18)14(19)20/h3-4,7,9-10H,5-6,8H2,1-2H3,(H,21,22,23,24)/t9-,10+/m1/s1. The number of ether oxygens (including phenoxy) is 3. The average Bonchev–Trinajstić information content (AvgIpc) is 2.71. The Kier molecular flexibility index (Phi) is 8.35. The quantitative estimate of drug-likeness (QED) is 0.502. The van der Waals surface area contributed by atoms with Gasteiger partial charge in [0.15, 0.2) is 0 Å². The number of hydrogen-bond acceptors (Lipinski definition) is 7. The molecule has 1 aromatic rings. The van der Waals surface area contributed by atoms with Crippen LogP contribution < -0.4 is 14.8 Å². The molecule has 152 valence electrons. The summed E-state index contributed by atoms with van der Waals surface area (Å²) >= 11 is 16.8. The van der Waals surface area contributed by atoms with Crippen LogP contribution in [-0.4, -0.2) is 42.7 Å². The number of anilines is 1. The minimum Gasteiger partial charge on any atom is -0.481 e. The van der Waals surface area contributed by atoms with Crippen molar-refractivity contribution in [2.24, 2.45) is 11.8 Å². The highest BCUT2D eigenvalue weighted by Gasteiger charge is 2.35. The lowest BCUT2D eigenvalue weighted by Crippen LogP contribution is -2.36. The molecule has 1 aliphatic carbocycles. The van der Waals surface area contributed by atoms with E-state index in [9.17, 15) is 9.59 Å². The lowest BCUT2D eigenvalue weighted by molar-refractivity contribution is -0.151. The number of allylic oxidation sites excluding steroid dienone is 2. The van der Waals surface area contributed by atoms with Crippen LogP contribution >= 0.6 is 34.8 Å². The van der Waals surface area contributed by atoms with E-state index in [4.69, 9.17) is 49.0 Å². The van der Waals surface area contributed by atoms with Crippen LogP contribution in [0.25, 0.3) is 0 Å². The van der Waals surface area contributed by atoms with Gasteiger partial charge in [-0.25, -0.2) is 0 Å². The maximum Gasteiger partial charge on any atom is 0.321 e. The van der Waals surface area contributed by atoms with Crippen molar-refractivity contribution in [1.82, 2.24) is 9.97 Å². The largest absolute Gasteiger partial charge is 0.481 e. The summed E-state index contributed by atoms with van der Waals surface area (Å²) in [6, 6.07) is 1.48. The molecule has 0 radical (unpaired) electrons. The normalized spacial score (nSPS) is 18.2. The third-order valence-corrected chi connectivity index (χ3v) is 4.89. The molecule has 0 saturated carbocycles. The van der Waals surface area contributed by atoms with Crippen LogP contribution in [0, 0.1) is 11.8 Å². The van der Waals surface area contributed by atoms with Gasteiger partial charge in [-0.15, -0.1) is 0 Å². The van der Waals surface area contributed by atoms with E-state index in [1.807, 2.05) is 12.2 Å². The van der Waals surface area contributed by atoms with E-state index in [1.54, 1.807) is 0 Å². The summed E-state index contributed by atoms with van der Waals surface area (Å²) in [5.74, 6) is -1.90. The van der Waals surface area contributed by atoms with Crippen molar-refractivity contribution in [3.8, 4) is 11.9 Å². The van der Waals surface area contributed by atoms with E-state index >= 15 is 0 Å². The first-order chi connectivity index (χ1) is 13.3. The zero-order chi connectivity index (χ0) is 20.7. The van der Waals surface area contributed by atoms with E-state index in [0.717, 1.165) is 0 Å². The van der Waals surface area contributed by atoms with Gasteiger partial charge in [0.2, 0.25) is 11.8 Å². The molecule has 8 nitrogen and oxygen atoms in total. The summed E-state index contributed by atoms with van der Waals surface area (Å²) in [5, 5.41) is 2.66. The summed E-state index contributed by atoms with van der Waals surface area (Å²) in [4.78, 5) is 33.2. The number of amides is 1. The van der Waals surface area contributed by atoms with E-state index in [0.29, 0.717) is 12.8 Å². The van der Waals surface area contributed by atoms with Crippen LogP contribution in [0.2, 0.25) is 0 Å². The number of aromatic nitrogens is 2. The summed E-state index contributed by atoms with van der Waals surface area (Å²) in [5.41, 5.74) is 0. The summed E-state index contributed by atoms with van der Waals surface area (Å²) in [7, 11) is 2.82. The predicted molar refractivity (Wildman–Crippen MR) is 105 cm³/mol. The Morgan fingerprint density at radius 2 is 1.79 bits per heavy atom.